The molecule has 0 saturated heterocycles. The lowest BCUT2D eigenvalue weighted by molar-refractivity contribution is -0.150. The molecule has 0 N–H and O–H groups in total. The SMILES string of the molecule is CC1CCC(=N[PH2+][O-])CC1. The summed E-state index contributed by atoms with van der Waals surface area (Å²) in [5.41, 5.74) is 1.18. The molecule has 1 fully saturated rings. The van der Waals surface area contributed by atoms with Crippen LogP contribution in [-0.4, -0.2) is 5.71 Å². The van der Waals surface area contributed by atoms with E-state index in [4.69, 9.17) is 0 Å². The highest BCUT2D eigenvalue weighted by molar-refractivity contribution is 7.28. The van der Waals surface area contributed by atoms with Crippen molar-refractivity contribution < 1.29 is 4.89 Å². The second-order valence-corrected chi connectivity index (χ2v) is 3.45. The van der Waals surface area contributed by atoms with Crippen molar-refractivity contribution in [1.82, 2.24) is 0 Å². The summed E-state index contributed by atoms with van der Waals surface area (Å²) in [5, 5.41) is 0. The van der Waals surface area contributed by atoms with E-state index in [1.807, 2.05) is 0 Å². The molecular weight excluding hydrogens is 145 g/mol. The topological polar surface area (TPSA) is 35.4 Å². The van der Waals surface area contributed by atoms with Crippen molar-refractivity contribution in [3.05, 3.63) is 0 Å². The van der Waals surface area contributed by atoms with Crippen molar-refractivity contribution in [3.8, 4) is 0 Å². The van der Waals surface area contributed by atoms with Gasteiger partial charge in [-0.2, -0.15) is 0 Å². The minimum atomic E-state index is -0.896. The molecule has 0 aliphatic heterocycles. The highest BCUT2D eigenvalue weighted by Crippen LogP contribution is 2.22. The lowest BCUT2D eigenvalue weighted by atomic mass is 9.90. The summed E-state index contributed by atoms with van der Waals surface area (Å²) in [6.45, 7) is 2.26. The number of hydrogen-bond acceptors (Lipinski definition) is 2. The van der Waals surface area contributed by atoms with E-state index < -0.39 is 8.96 Å². The van der Waals surface area contributed by atoms with Crippen molar-refractivity contribution in [2.45, 2.75) is 32.6 Å². The van der Waals surface area contributed by atoms with Gasteiger partial charge in [-0.1, -0.05) is 6.92 Å². The average molecular weight is 159 g/mol. The quantitative estimate of drug-likeness (QED) is 0.530. The number of nitrogens with zero attached hydrogens (tertiary/aromatic N) is 1. The van der Waals surface area contributed by atoms with Gasteiger partial charge in [-0.3, -0.25) is 0 Å². The fourth-order valence-corrected chi connectivity index (χ4v) is 1.71. The van der Waals surface area contributed by atoms with Gasteiger partial charge in [0.15, 0.2) is 0 Å². The minimum Gasteiger partial charge on any atom is -0.663 e. The summed E-state index contributed by atoms with van der Waals surface area (Å²) in [7, 11) is -0.896. The molecule has 10 heavy (non-hydrogen) atoms. The monoisotopic (exact) mass is 159 g/mol. The molecule has 3 heteroatoms. The fourth-order valence-electron chi connectivity index (χ4n) is 1.30. The first-order valence-electron chi connectivity index (χ1n) is 3.82. The Bertz CT molecular complexity index is 126. The van der Waals surface area contributed by atoms with Crippen LogP contribution in [0.2, 0.25) is 0 Å². The molecule has 1 aliphatic carbocycles. The largest absolute Gasteiger partial charge is 0.663 e. The van der Waals surface area contributed by atoms with Gasteiger partial charge in [0.05, 0.1) is 14.7 Å². The van der Waals surface area contributed by atoms with E-state index in [1.54, 1.807) is 0 Å². The van der Waals surface area contributed by atoms with E-state index in [-0.39, 0.29) is 0 Å². The Morgan fingerprint density at radius 2 is 2.10 bits per heavy atom. The Kier molecular flexibility index (Phi) is 3.30. The van der Waals surface area contributed by atoms with Crippen LogP contribution in [0.1, 0.15) is 32.6 Å². The van der Waals surface area contributed by atoms with Crippen LogP contribution in [0.25, 0.3) is 0 Å². The zero-order valence-corrected chi connectivity index (χ0v) is 7.49. The Labute approximate surface area is 63.7 Å². The zero-order chi connectivity index (χ0) is 7.40. The summed E-state index contributed by atoms with van der Waals surface area (Å²) in [6, 6.07) is 0. The summed E-state index contributed by atoms with van der Waals surface area (Å²) >= 11 is 0. The van der Waals surface area contributed by atoms with Gasteiger partial charge in [0.25, 0.3) is 0 Å². The molecule has 0 aromatic carbocycles. The Hall–Kier alpha value is 0.0600. The lowest BCUT2D eigenvalue weighted by Crippen LogP contribution is -2.11. The molecule has 1 rings (SSSR count). The molecule has 1 atom stereocenters. The van der Waals surface area contributed by atoms with E-state index in [2.05, 4.69) is 11.7 Å². The Morgan fingerprint density at radius 1 is 1.50 bits per heavy atom. The van der Waals surface area contributed by atoms with Crippen LogP contribution < -0.4 is 4.89 Å². The minimum absolute atomic E-state index is 0.848. The van der Waals surface area contributed by atoms with Crippen LogP contribution in [0, 0.1) is 5.92 Å². The van der Waals surface area contributed by atoms with Crippen LogP contribution in [0.4, 0.5) is 0 Å². The van der Waals surface area contributed by atoms with Crippen LogP contribution in [0.15, 0.2) is 4.76 Å². The third kappa shape index (κ3) is 2.36. The molecule has 0 heterocycles. The highest BCUT2D eigenvalue weighted by atomic mass is 31.1. The molecule has 58 valence electrons. The maximum absolute atomic E-state index is 10.2. The smallest absolute Gasteiger partial charge is 0.0570 e. The van der Waals surface area contributed by atoms with Crippen LogP contribution in [0.3, 0.4) is 0 Å². The molecule has 2 nitrogen and oxygen atoms in total. The maximum Gasteiger partial charge on any atom is 0.0570 e. The van der Waals surface area contributed by atoms with Gasteiger partial charge in [0.2, 0.25) is 0 Å². The first-order chi connectivity index (χ1) is 4.83. The third-order valence-corrected chi connectivity index (χ3v) is 2.56. The van der Waals surface area contributed by atoms with Gasteiger partial charge in [-0.25, -0.2) is 0 Å². The van der Waals surface area contributed by atoms with E-state index in [0.717, 1.165) is 18.8 Å². The third-order valence-electron chi connectivity index (χ3n) is 2.09. The molecule has 0 aromatic rings. The Morgan fingerprint density at radius 3 is 2.60 bits per heavy atom. The van der Waals surface area contributed by atoms with E-state index in [9.17, 15) is 4.89 Å². The molecule has 1 aliphatic rings. The molecule has 0 bridgehead atoms. The van der Waals surface area contributed by atoms with E-state index in [1.165, 1.54) is 18.6 Å². The normalized spacial score (nSPS) is 27.8. The maximum atomic E-state index is 10.2. The zero-order valence-electron chi connectivity index (χ0n) is 6.34. The van der Waals surface area contributed by atoms with Gasteiger partial charge < -0.3 is 4.89 Å². The standard InChI is InChI=1S/C7H14NOP/c1-6-2-4-7(5-3-6)8-10-9/h6H,2-5,10H2,1H3. The van der Waals surface area contributed by atoms with Crippen LogP contribution >= 0.6 is 8.96 Å². The second kappa shape index (κ2) is 4.05. The van der Waals surface area contributed by atoms with Crippen LogP contribution in [0.5, 0.6) is 0 Å². The van der Waals surface area contributed by atoms with Crippen molar-refractivity contribution in [3.63, 3.8) is 0 Å². The Balaban J connectivity index is 2.32. The summed E-state index contributed by atoms with van der Waals surface area (Å²) < 4.78 is 3.96. The van der Waals surface area contributed by atoms with Crippen molar-refractivity contribution in [1.29, 1.82) is 0 Å². The lowest BCUT2D eigenvalue weighted by Gasteiger charge is -2.17. The summed E-state index contributed by atoms with van der Waals surface area (Å²) in [5.74, 6) is 0.848. The molecule has 1 saturated carbocycles. The molecule has 0 amide bonds. The van der Waals surface area contributed by atoms with Gasteiger partial charge in [0.1, 0.15) is 0 Å². The summed E-state index contributed by atoms with van der Waals surface area (Å²) in [4.78, 5) is 10.2. The molecule has 1 unspecified atom stereocenters. The van der Waals surface area contributed by atoms with Gasteiger partial charge >= 0.3 is 0 Å². The average Bonchev–Trinajstić information content (AvgIpc) is 1.95. The predicted octanol–water partition coefficient (Wildman–Crippen LogP) is 1.24. The van der Waals surface area contributed by atoms with Gasteiger partial charge in [-0.05, 0) is 31.6 Å². The first kappa shape index (κ1) is 8.16. The van der Waals surface area contributed by atoms with Crippen molar-refractivity contribution in [2.24, 2.45) is 10.7 Å². The van der Waals surface area contributed by atoms with Gasteiger partial charge in [-0.15, -0.1) is 4.76 Å². The molecular formula is C7H14NOP. The van der Waals surface area contributed by atoms with Gasteiger partial charge in [0, 0.05) is 0 Å². The molecule has 0 spiro atoms. The summed E-state index contributed by atoms with van der Waals surface area (Å²) in [6.07, 6.45) is 4.63. The number of rotatable bonds is 1. The van der Waals surface area contributed by atoms with Crippen LogP contribution in [-0.2, 0) is 0 Å². The molecule has 0 radical (unpaired) electrons. The van der Waals surface area contributed by atoms with Crippen molar-refractivity contribution in [2.75, 3.05) is 0 Å². The second-order valence-electron chi connectivity index (χ2n) is 2.98. The predicted molar refractivity (Wildman–Crippen MR) is 44.8 cm³/mol. The first-order valence-corrected chi connectivity index (χ1v) is 4.81. The highest BCUT2D eigenvalue weighted by Gasteiger charge is 2.13. The van der Waals surface area contributed by atoms with E-state index >= 15 is 0 Å². The number of hydrogen-bond donors (Lipinski definition) is 0. The molecule has 0 aromatic heterocycles. The fraction of sp³-hybridized carbons (Fsp3) is 0.857. The van der Waals surface area contributed by atoms with Crippen molar-refractivity contribution >= 4 is 14.7 Å². The van der Waals surface area contributed by atoms with E-state index in [0.29, 0.717) is 0 Å².